The molecule has 1 amide bonds. The maximum absolute atomic E-state index is 12.7. The monoisotopic (exact) mass is 341 g/mol. The summed E-state index contributed by atoms with van der Waals surface area (Å²) in [6, 6.07) is 18.8. The molecule has 0 atom stereocenters. The summed E-state index contributed by atoms with van der Waals surface area (Å²) in [6.07, 6.45) is 2.05. The van der Waals surface area contributed by atoms with E-state index in [1.54, 1.807) is 18.2 Å². The Morgan fingerprint density at radius 1 is 0.923 bits per heavy atom. The van der Waals surface area contributed by atoms with E-state index >= 15 is 0 Å². The first-order valence-electron chi connectivity index (χ1n) is 8.58. The zero-order valence-electron chi connectivity index (χ0n) is 13.9. The van der Waals surface area contributed by atoms with Crippen LogP contribution in [0.2, 0.25) is 0 Å². The van der Waals surface area contributed by atoms with Gasteiger partial charge in [-0.15, -0.1) is 0 Å². The van der Waals surface area contributed by atoms with E-state index in [0.717, 1.165) is 23.6 Å². The molecule has 1 aromatic heterocycles. The minimum absolute atomic E-state index is 0.00644. The maximum atomic E-state index is 12.7. The highest BCUT2D eigenvalue weighted by Crippen LogP contribution is 2.35. The van der Waals surface area contributed by atoms with Gasteiger partial charge in [-0.05, 0) is 47.6 Å². The topological polar surface area (TPSA) is 59.3 Å². The summed E-state index contributed by atoms with van der Waals surface area (Å²) in [6.45, 7) is 0. The predicted octanol–water partition coefficient (Wildman–Crippen LogP) is 4.30. The Hall–Kier alpha value is -3.40. The van der Waals surface area contributed by atoms with Crippen LogP contribution in [0.15, 0.2) is 69.9 Å². The first-order chi connectivity index (χ1) is 12.7. The van der Waals surface area contributed by atoms with Crippen LogP contribution in [0, 0.1) is 0 Å². The minimum atomic E-state index is -0.632. The predicted molar refractivity (Wildman–Crippen MR) is 102 cm³/mol. The highest BCUT2D eigenvalue weighted by molar-refractivity contribution is 6.11. The molecule has 4 aromatic rings. The number of carbonyl (C=O) groups is 1. The van der Waals surface area contributed by atoms with Crippen molar-refractivity contribution in [2.45, 2.75) is 12.8 Å². The lowest BCUT2D eigenvalue weighted by Crippen LogP contribution is -2.20. The van der Waals surface area contributed by atoms with Crippen molar-refractivity contribution in [1.82, 2.24) is 0 Å². The maximum Gasteiger partial charge on any atom is 0.349 e. The molecule has 26 heavy (non-hydrogen) atoms. The van der Waals surface area contributed by atoms with Gasteiger partial charge in [0.2, 0.25) is 0 Å². The molecule has 0 aliphatic heterocycles. The van der Waals surface area contributed by atoms with Crippen molar-refractivity contribution in [1.29, 1.82) is 0 Å². The van der Waals surface area contributed by atoms with Gasteiger partial charge in [0.15, 0.2) is 0 Å². The average molecular weight is 341 g/mol. The van der Waals surface area contributed by atoms with Gasteiger partial charge in [0.25, 0.3) is 5.91 Å². The van der Waals surface area contributed by atoms with Crippen LogP contribution in [0.1, 0.15) is 21.5 Å². The van der Waals surface area contributed by atoms with Crippen molar-refractivity contribution in [3.8, 4) is 0 Å². The third kappa shape index (κ3) is 2.23. The Bertz CT molecular complexity index is 1240. The van der Waals surface area contributed by atoms with E-state index < -0.39 is 11.5 Å². The largest absolute Gasteiger partial charge is 0.422 e. The van der Waals surface area contributed by atoms with E-state index in [-0.39, 0.29) is 5.56 Å². The normalized spacial score (nSPS) is 12.6. The summed E-state index contributed by atoms with van der Waals surface area (Å²) >= 11 is 0. The smallest absolute Gasteiger partial charge is 0.349 e. The SMILES string of the molecule is O=C(Nc1ccc2c3c(cccc13)CC2)c1cc2ccccc2oc1=O. The van der Waals surface area contributed by atoms with E-state index in [4.69, 9.17) is 4.42 Å². The molecule has 0 radical (unpaired) electrons. The number of nitrogens with one attached hydrogen (secondary N) is 1. The fraction of sp³-hybridized carbons (Fsp3) is 0.0909. The van der Waals surface area contributed by atoms with E-state index in [9.17, 15) is 9.59 Å². The first kappa shape index (κ1) is 14.9. The second kappa shape index (κ2) is 5.56. The van der Waals surface area contributed by atoms with Crippen molar-refractivity contribution in [3.63, 3.8) is 0 Å². The molecule has 1 aliphatic carbocycles. The molecule has 1 aliphatic rings. The van der Waals surface area contributed by atoms with Gasteiger partial charge in [0.1, 0.15) is 11.1 Å². The number of hydrogen-bond donors (Lipinski definition) is 1. The number of hydrogen-bond acceptors (Lipinski definition) is 3. The van der Waals surface area contributed by atoms with E-state index in [1.807, 2.05) is 30.3 Å². The molecule has 0 saturated heterocycles. The lowest BCUT2D eigenvalue weighted by atomic mass is 10.0. The molecule has 4 heteroatoms. The van der Waals surface area contributed by atoms with Crippen LogP contribution in [-0.2, 0) is 12.8 Å². The van der Waals surface area contributed by atoms with Crippen LogP contribution >= 0.6 is 0 Å². The number of fused-ring (bicyclic) bond motifs is 1. The summed E-state index contributed by atoms with van der Waals surface area (Å²) in [5.74, 6) is -0.455. The van der Waals surface area contributed by atoms with Crippen molar-refractivity contribution >= 4 is 33.3 Å². The third-order valence-corrected chi connectivity index (χ3v) is 5.01. The van der Waals surface area contributed by atoms with Gasteiger partial charge in [-0.1, -0.05) is 42.5 Å². The van der Waals surface area contributed by atoms with Gasteiger partial charge >= 0.3 is 5.63 Å². The van der Waals surface area contributed by atoms with Gasteiger partial charge < -0.3 is 9.73 Å². The van der Waals surface area contributed by atoms with Crippen LogP contribution in [0.4, 0.5) is 5.69 Å². The van der Waals surface area contributed by atoms with Crippen molar-refractivity contribution in [3.05, 3.63) is 87.8 Å². The van der Waals surface area contributed by atoms with Gasteiger partial charge in [-0.2, -0.15) is 0 Å². The summed E-state index contributed by atoms with van der Waals surface area (Å²) in [4.78, 5) is 25.0. The molecule has 4 nitrogen and oxygen atoms in total. The number of aryl methyl sites for hydroxylation is 2. The number of amides is 1. The van der Waals surface area contributed by atoms with Crippen molar-refractivity contribution < 1.29 is 9.21 Å². The summed E-state index contributed by atoms with van der Waals surface area (Å²) in [5, 5.41) is 5.84. The molecule has 5 rings (SSSR count). The van der Waals surface area contributed by atoms with E-state index in [2.05, 4.69) is 17.4 Å². The second-order valence-corrected chi connectivity index (χ2v) is 6.55. The molecular formula is C22H15NO3. The quantitative estimate of drug-likeness (QED) is 0.553. The van der Waals surface area contributed by atoms with Crippen LogP contribution in [0.25, 0.3) is 21.7 Å². The Morgan fingerprint density at radius 2 is 1.73 bits per heavy atom. The highest BCUT2D eigenvalue weighted by atomic mass is 16.4. The van der Waals surface area contributed by atoms with Gasteiger partial charge in [-0.25, -0.2) is 4.79 Å². The number of rotatable bonds is 2. The Morgan fingerprint density at radius 3 is 2.62 bits per heavy atom. The Kier molecular flexibility index (Phi) is 3.19. The zero-order valence-corrected chi connectivity index (χ0v) is 13.9. The van der Waals surface area contributed by atoms with Crippen molar-refractivity contribution in [2.24, 2.45) is 0 Å². The van der Waals surface area contributed by atoms with Crippen LogP contribution < -0.4 is 10.9 Å². The molecule has 1 heterocycles. The molecule has 1 N–H and O–H groups in total. The molecule has 3 aromatic carbocycles. The highest BCUT2D eigenvalue weighted by Gasteiger charge is 2.18. The molecular weight excluding hydrogens is 326 g/mol. The average Bonchev–Trinajstić information content (AvgIpc) is 3.08. The number of carbonyl (C=O) groups excluding carboxylic acids is 1. The molecule has 0 bridgehead atoms. The molecule has 0 unspecified atom stereocenters. The summed E-state index contributed by atoms with van der Waals surface area (Å²) in [7, 11) is 0. The number of anilines is 1. The van der Waals surface area contributed by atoms with Gasteiger partial charge in [0, 0.05) is 16.5 Å². The van der Waals surface area contributed by atoms with Crippen LogP contribution in [0.5, 0.6) is 0 Å². The zero-order chi connectivity index (χ0) is 17.7. The van der Waals surface area contributed by atoms with E-state index in [1.165, 1.54) is 16.5 Å². The van der Waals surface area contributed by atoms with Gasteiger partial charge in [0.05, 0.1) is 0 Å². The lowest BCUT2D eigenvalue weighted by molar-refractivity contribution is 0.102. The molecule has 0 saturated carbocycles. The van der Waals surface area contributed by atoms with Crippen LogP contribution in [-0.4, -0.2) is 5.91 Å². The van der Waals surface area contributed by atoms with E-state index in [0.29, 0.717) is 11.3 Å². The molecule has 0 fully saturated rings. The number of benzene rings is 3. The minimum Gasteiger partial charge on any atom is -0.422 e. The molecule has 126 valence electrons. The fourth-order valence-corrected chi connectivity index (χ4v) is 3.77. The van der Waals surface area contributed by atoms with Crippen LogP contribution in [0.3, 0.4) is 0 Å². The summed E-state index contributed by atoms with van der Waals surface area (Å²) in [5.41, 5.74) is 3.17. The Balaban J connectivity index is 1.59. The van der Waals surface area contributed by atoms with Gasteiger partial charge in [-0.3, -0.25) is 4.79 Å². The Labute approximate surface area is 149 Å². The third-order valence-electron chi connectivity index (χ3n) is 5.01. The number of para-hydroxylation sites is 1. The first-order valence-corrected chi connectivity index (χ1v) is 8.58. The standard InChI is InChI=1S/C22H15NO3/c24-21(17-12-15-4-1-2-7-19(15)26-22(17)25)23-18-11-10-14-9-8-13-5-3-6-16(18)20(13)14/h1-7,10-12H,8-9H2,(H,23,24). The van der Waals surface area contributed by atoms with Crippen molar-refractivity contribution in [2.75, 3.05) is 5.32 Å². The fourth-order valence-electron chi connectivity index (χ4n) is 3.77. The molecule has 0 spiro atoms. The summed E-state index contributed by atoms with van der Waals surface area (Å²) < 4.78 is 5.27. The lowest BCUT2D eigenvalue weighted by Gasteiger charge is -2.10. The second-order valence-electron chi connectivity index (χ2n) is 6.55.